The van der Waals surface area contributed by atoms with Crippen molar-refractivity contribution < 1.29 is 4.74 Å². The molecule has 112 valence electrons. The van der Waals surface area contributed by atoms with Crippen LogP contribution in [-0.4, -0.2) is 20.3 Å². The maximum atomic E-state index is 5.73. The van der Waals surface area contributed by atoms with Crippen molar-refractivity contribution in [3.05, 3.63) is 60.2 Å². The van der Waals surface area contributed by atoms with Crippen LogP contribution in [-0.2, 0) is 4.74 Å². The van der Waals surface area contributed by atoms with E-state index in [-0.39, 0.29) is 6.04 Å². The van der Waals surface area contributed by atoms with Crippen molar-refractivity contribution in [2.75, 3.05) is 20.3 Å². The summed E-state index contributed by atoms with van der Waals surface area (Å²) in [5.41, 5.74) is 3.78. The molecule has 0 saturated carbocycles. The number of ether oxygens (including phenoxy) is 1. The van der Waals surface area contributed by atoms with Gasteiger partial charge >= 0.3 is 0 Å². The lowest BCUT2D eigenvalue weighted by Crippen LogP contribution is -2.22. The molecule has 1 unspecified atom stereocenters. The molecule has 2 nitrogen and oxygen atoms in total. The normalized spacial score (nSPS) is 12.3. The van der Waals surface area contributed by atoms with E-state index in [0.717, 1.165) is 19.6 Å². The van der Waals surface area contributed by atoms with Crippen LogP contribution >= 0.6 is 0 Å². The predicted molar refractivity (Wildman–Crippen MR) is 89.4 cm³/mol. The van der Waals surface area contributed by atoms with Crippen LogP contribution in [0.15, 0.2) is 54.6 Å². The van der Waals surface area contributed by atoms with E-state index in [1.54, 1.807) is 0 Å². The second kappa shape index (κ2) is 8.60. The third-order valence-electron chi connectivity index (χ3n) is 3.70. The van der Waals surface area contributed by atoms with Gasteiger partial charge in [0.15, 0.2) is 0 Å². The summed E-state index contributed by atoms with van der Waals surface area (Å²) in [6.07, 6.45) is 2.30. The minimum absolute atomic E-state index is 0.256. The highest BCUT2D eigenvalue weighted by Gasteiger charge is 2.09. The Morgan fingerprint density at radius 1 is 0.952 bits per heavy atom. The van der Waals surface area contributed by atoms with Gasteiger partial charge in [-0.15, -0.1) is 0 Å². The quantitative estimate of drug-likeness (QED) is 0.724. The van der Waals surface area contributed by atoms with E-state index in [2.05, 4.69) is 60.8 Å². The Morgan fingerprint density at radius 3 is 2.24 bits per heavy atom. The summed E-state index contributed by atoms with van der Waals surface area (Å²) in [6.45, 7) is 3.75. The molecule has 0 saturated heterocycles. The van der Waals surface area contributed by atoms with E-state index in [0.29, 0.717) is 0 Å². The Morgan fingerprint density at radius 2 is 1.62 bits per heavy atom. The molecular formula is C19H25NO. The molecule has 0 aromatic heterocycles. The first-order chi connectivity index (χ1) is 10.3. The van der Waals surface area contributed by atoms with Crippen LogP contribution < -0.4 is 5.32 Å². The van der Waals surface area contributed by atoms with Crippen molar-refractivity contribution in [3.63, 3.8) is 0 Å². The number of nitrogens with one attached hydrogen (secondary N) is 1. The van der Waals surface area contributed by atoms with E-state index in [1.165, 1.54) is 23.1 Å². The molecule has 2 aromatic carbocycles. The molecule has 0 spiro atoms. The number of unbranched alkanes of at least 4 members (excludes halogenated alkanes) is 1. The molecule has 2 rings (SSSR count). The summed E-state index contributed by atoms with van der Waals surface area (Å²) in [4.78, 5) is 0. The van der Waals surface area contributed by atoms with Gasteiger partial charge in [-0.05, 0) is 30.2 Å². The van der Waals surface area contributed by atoms with Gasteiger partial charge in [-0.3, -0.25) is 0 Å². The summed E-state index contributed by atoms with van der Waals surface area (Å²) in [6, 6.07) is 19.5. The second-order valence-corrected chi connectivity index (χ2v) is 5.26. The maximum Gasteiger partial charge on any atom is 0.0661 e. The van der Waals surface area contributed by atoms with Crippen LogP contribution in [0, 0.1) is 0 Å². The molecule has 0 amide bonds. The largest absolute Gasteiger partial charge is 0.379 e. The van der Waals surface area contributed by atoms with Crippen LogP contribution in [0.4, 0.5) is 0 Å². The van der Waals surface area contributed by atoms with Gasteiger partial charge in [0.05, 0.1) is 12.6 Å². The van der Waals surface area contributed by atoms with Crippen LogP contribution in [0.3, 0.4) is 0 Å². The monoisotopic (exact) mass is 283 g/mol. The van der Waals surface area contributed by atoms with Gasteiger partial charge in [-0.25, -0.2) is 0 Å². The van der Waals surface area contributed by atoms with E-state index in [1.807, 2.05) is 13.1 Å². The van der Waals surface area contributed by atoms with E-state index < -0.39 is 0 Å². The molecule has 0 heterocycles. The van der Waals surface area contributed by atoms with Gasteiger partial charge < -0.3 is 10.1 Å². The lowest BCUT2D eigenvalue weighted by Gasteiger charge is -2.17. The third kappa shape index (κ3) is 4.69. The van der Waals surface area contributed by atoms with Crippen molar-refractivity contribution in [1.29, 1.82) is 0 Å². The summed E-state index contributed by atoms with van der Waals surface area (Å²) >= 11 is 0. The van der Waals surface area contributed by atoms with Gasteiger partial charge in [0.25, 0.3) is 0 Å². The summed E-state index contributed by atoms with van der Waals surface area (Å²) < 4.78 is 5.73. The van der Waals surface area contributed by atoms with Crippen molar-refractivity contribution in [3.8, 4) is 11.1 Å². The van der Waals surface area contributed by atoms with Crippen molar-refractivity contribution in [1.82, 2.24) is 5.32 Å². The van der Waals surface area contributed by atoms with Gasteiger partial charge in [-0.1, -0.05) is 67.9 Å². The Labute approximate surface area is 128 Å². The lowest BCUT2D eigenvalue weighted by molar-refractivity contribution is 0.111. The van der Waals surface area contributed by atoms with Crippen LogP contribution in [0.25, 0.3) is 11.1 Å². The molecule has 0 bridgehead atoms. The molecule has 0 fully saturated rings. The van der Waals surface area contributed by atoms with Crippen molar-refractivity contribution >= 4 is 0 Å². The van der Waals surface area contributed by atoms with Gasteiger partial charge in [0, 0.05) is 6.61 Å². The molecule has 0 aliphatic carbocycles. The highest BCUT2D eigenvalue weighted by Crippen LogP contribution is 2.22. The van der Waals surface area contributed by atoms with Crippen molar-refractivity contribution in [2.45, 2.75) is 25.8 Å². The van der Waals surface area contributed by atoms with E-state index in [4.69, 9.17) is 4.74 Å². The first kappa shape index (κ1) is 15.7. The van der Waals surface area contributed by atoms with Crippen LogP contribution in [0.2, 0.25) is 0 Å². The SMILES string of the molecule is CCCCOCC(NC)c1ccc(-c2ccccc2)cc1. The molecule has 0 aliphatic rings. The smallest absolute Gasteiger partial charge is 0.0661 e. The third-order valence-corrected chi connectivity index (χ3v) is 3.70. The number of likely N-dealkylation sites (N-methyl/N-ethyl adjacent to an activating group) is 1. The Bertz CT molecular complexity index is 507. The Kier molecular flexibility index (Phi) is 6.45. The highest BCUT2D eigenvalue weighted by atomic mass is 16.5. The standard InChI is InChI=1S/C19H25NO/c1-3-4-14-21-15-19(20-2)18-12-10-17(11-13-18)16-8-6-5-7-9-16/h5-13,19-20H,3-4,14-15H2,1-2H3. The van der Waals surface area contributed by atoms with Crippen LogP contribution in [0.5, 0.6) is 0 Å². The lowest BCUT2D eigenvalue weighted by atomic mass is 10.0. The molecule has 1 N–H and O–H groups in total. The van der Waals surface area contributed by atoms with Gasteiger partial charge in [-0.2, -0.15) is 0 Å². The number of benzene rings is 2. The fraction of sp³-hybridized carbons (Fsp3) is 0.368. The average molecular weight is 283 g/mol. The van der Waals surface area contributed by atoms with Crippen LogP contribution in [0.1, 0.15) is 31.4 Å². The summed E-state index contributed by atoms with van der Waals surface area (Å²) in [7, 11) is 1.99. The van der Waals surface area contributed by atoms with E-state index >= 15 is 0 Å². The fourth-order valence-electron chi connectivity index (χ4n) is 2.33. The van der Waals surface area contributed by atoms with E-state index in [9.17, 15) is 0 Å². The van der Waals surface area contributed by atoms with Crippen molar-refractivity contribution in [2.24, 2.45) is 0 Å². The topological polar surface area (TPSA) is 21.3 Å². The molecule has 0 radical (unpaired) electrons. The minimum atomic E-state index is 0.256. The summed E-state index contributed by atoms with van der Waals surface area (Å²) in [5, 5.41) is 3.33. The Hall–Kier alpha value is -1.64. The minimum Gasteiger partial charge on any atom is -0.379 e. The molecule has 1 atom stereocenters. The molecule has 2 heteroatoms. The molecule has 0 aliphatic heterocycles. The first-order valence-electron chi connectivity index (χ1n) is 7.75. The number of hydrogen-bond acceptors (Lipinski definition) is 2. The fourth-order valence-corrected chi connectivity index (χ4v) is 2.33. The highest BCUT2D eigenvalue weighted by molar-refractivity contribution is 5.63. The zero-order valence-corrected chi connectivity index (χ0v) is 13.0. The Balaban J connectivity index is 1.99. The predicted octanol–water partition coefficient (Wildman–Crippen LogP) is 4.43. The van der Waals surface area contributed by atoms with Gasteiger partial charge in [0.1, 0.15) is 0 Å². The molecule has 21 heavy (non-hydrogen) atoms. The molecule has 2 aromatic rings. The zero-order chi connectivity index (χ0) is 14.9. The maximum absolute atomic E-state index is 5.73. The number of rotatable bonds is 8. The number of hydrogen-bond donors (Lipinski definition) is 1. The van der Waals surface area contributed by atoms with Gasteiger partial charge in [0.2, 0.25) is 0 Å². The summed E-state index contributed by atoms with van der Waals surface area (Å²) in [5.74, 6) is 0. The first-order valence-corrected chi connectivity index (χ1v) is 7.75. The molecular weight excluding hydrogens is 258 g/mol. The second-order valence-electron chi connectivity index (χ2n) is 5.26. The zero-order valence-electron chi connectivity index (χ0n) is 13.0. The average Bonchev–Trinajstić information content (AvgIpc) is 2.56.